The molecule has 2 aliphatic heterocycles. The van der Waals surface area contributed by atoms with Crippen LogP contribution >= 0.6 is 11.3 Å². The van der Waals surface area contributed by atoms with Gasteiger partial charge in [-0.15, -0.1) is 11.3 Å². The lowest BCUT2D eigenvalue weighted by Crippen LogP contribution is -2.48. The highest BCUT2D eigenvalue weighted by molar-refractivity contribution is 7.12. The molecule has 9 heteroatoms. The molecule has 3 heterocycles. The van der Waals surface area contributed by atoms with Crippen molar-refractivity contribution in [1.82, 2.24) is 20.0 Å². The summed E-state index contributed by atoms with van der Waals surface area (Å²) in [6.07, 6.45) is 1.48. The summed E-state index contributed by atoms with van der Waals surface area (Å²) in [6, 6.07) is 9.69. The van der Waals surface area contributed by atoms with E-state index in [-0.39, 0.29) is 23.7 Å². The normalized spacial score (nSPS) is 21.1. The van der Waals surface area contributed by atoms with Crippen molar-refractivity contribution < 1.29 is 18.7 Å². The van der Waals surface area contributed by atoms with Crippen LogP contribution in [0.5, 0.6) is 0 Å². The third kappa shape index (κ3) is 6.02. The number of benzene rings is 1. The van der Waals surface area contributed by atoms with Crippen LogP contribution in [0.15, 0.2) is 41.8 Å². The summed E-state index contributed by atoms with van der Waals surface area (Å²) >= 11 is 1.40. The first-order chi connectivity index (χ1) is 16.6. The van der Waals surface area contributed by atoms with Crippen molar-refractivity contribution in [2.24, 2.45) is 0 Å². The first-order valence-corrected chi connectivity index (χ1v) is 12.8. The maximum Gasteiger partial charge on any atom is 0.264 e. The third-order valence-corrected chi connectivity index (χ3v) is 7.46. The molecule has 1 N–H and O–H groups in total. The van der Waals surface area contributed by atoms with E-state index in [1.807, 2.05) is 22.4 Å². The molecule has 2 unspecified atom stereocenters. The van der Waals surface area contributed by atoms with Gasteiger partial charge in [-0.25, -0.2) is 4.39 Å². The minimum atomic E-state index is -0.490. The fraction of sp³-hybridized carbons (Fsp3) is 0.520. The molecule has 2 aromatic rings. The molecule has 1 aromatic carbocycles. The van der Waals surface area contributed by atoms with Gasteiger partial charge in [0.25, 0.3) is 5.91 Å². The number of thiophene rings is 1. The second kappa shape index (κ2) is 11.9. The summed E-state index contributed by atoms with van der Waals surface area (Å²) in [5.74, 6) is -0.319. The van der Waals surface area contributed by atoms with Crippen molar-refractivity contribution >= 4 is 23.2 Å². The van der Waals surface area contributed by atoms with E-state index in [4.69, 9.17) is 4.74 Å². The molecular weight excluding hydrogens is 455 g/mol. The zero-order valence-electron chi connectivity index (χ0n) is 19.6. The predicted octanol–water partition coefficient (Wildman–Crippen LogP) is 2.44. The maximum absolute atomic E-state index is 13.6. The number of hydrogen-bond donors (Lipinski definition) is 1. The lowest BCUT2D eigenvalue weighted by atomic mass is 10.1. The predicted molar refractivity (Wildman–Crippen MR) is 130 cm³/mol. The van der Waals surface area contributed by atoms with Gasteiger partial charge in [0, 0.05) is 52.4 Å². The molecule has 0 radical (unpaired) electrons. The molecule has 184 valence electrons. The van der Waals surface area contributed by atoms with Crippen molar-refractivity contribution in [3.8, 4) is 0 Å². The second-order valence-electron chi connectivity index (χ2n) is 8.86. The number of carbonyl (C=O) groups excluding carboxylic acids is 2. The van der Waals surface area contributed by atoms with Crippen LogP contribution in [0.2, 0.25) is 0 Å². The summed E-state index contributed by atoms with van der Waals surface area (Å²) in [5, 5.41) is 5.23. The van der Waals surface area contributed by atoms with Gasteiger partial charge in [-0.05, 0) is 48.5 Å². The zero-order valence-corrected chi connectivity index (χ0v) is 20.4. The molecular formula is C25H33FN4O3S. The number of amides is 2. The van der Waals surface area contributed by atoms with Crippen molar-refractivity contribution in [2.45, 2.75) is 31.5 Å². The topological polar surface area (TPSA) is 65.1 Å². The van der Waals surface area contributed by atoms with E-state index in [2.05, 4.69) is 10.2 Å². The van der Waals surface area contributed by atoms with Crippen LogP contribution in [0.1, 0.15) is 28.1 Å². The van der Waals surface area contributed by atoms with Crippen molar-refractivity contribution in [3.63, 3.8) is 0 Å². The van der Waals surface area contributed by atoms with E-state index < -0.39 is 6.04 Å². The Bertz CT molecular complexity index is 932. The number of halogens is 1. The first kappa shape index (κ1) is 24.8. The smallest absolute Gasteiger partial charge is 0.264 e. The van der Waals surface area contributed by atoms with Crippen LogP contribution in [0.25, 0.3) is 0 Å². The van der Waals surface area contributed by atoms with Gasteiger partial charge in [-0.3, -0.25) is 14.5 Å². The molecule has 0 spiro atoms. The highest BCUT2D eigenvalue weighted by atomic mass is 32.1. The molecule has 2 atom stereocenters. The molecule has 0 bridgehead atoms. The van der Waals surface area contributed by atoms with Crippen LogP contribution in [-0.4, -0.2) is 91.6 Å². The van der Waals surface area contributed by atoms with E-state index in [0.717, 1.165) is 25.1 Å². The summed E-state index contributed by atoms with van der Waals surface area (Å²) in [4.78, 5) is 33.6. The lowest BCUT2D eigenvalue weighted by Gasteiger charge is -2.29. The van der Waals surface area contributed by atoms with E-state index in [1.54, 1.807) is 24.1 Å². The number of hydrogen-bond acceptors (Lipinski definition) is 6. The second-order valence-corrected chi connectivity index (χ2v) is 9.81. The van der Waals surface area contributed by atoms with Crippen LogP contribution in [-0.2, 0) is 16.1 Å². The molecule has 2 saturated heterocycles. The number of carbonyl (C=O) groups is 2. The van der Waals surface area contributed by atoms with E-state index in [9.17, 15) is 14.0 Å². The van der Waals surface area contributed by atoms with Gasteiger partial charge in [-0.1, -0.05) is 18.2 Å². The zero-order chi connectivity index (χ0) is 23.9. The molecule has 4 rings (SSSR count). The Morgan fingerprint density at radius 2 is 2.03 bits per heavy atom. The summed E-state index contributed by atoms with van der Waals surface area (Å²) in [6.45, 7) is 5.30. The van der Waals surface area contributed by atoms with Crippen molar-refractivity contribution in [3.05, 3.63) is 58.0 Å². The Morgan fingerprint density at radius 1 is 1.21 bits per heavy atom. The quantitative estimate of drug-likeness (QED) is 0.619. The van der Waals surface area contributed by atoms with Crippen LogP contribution in [0.4, 0.5) is 4.39 Å². The summed E-state index contributed by atoms with van der Waals surface area (Å²) in [5.41, 5.74) is 0.988. The van der Waals surface area contributed by atoms with Gasteiger partial charge < -0.3 is 19.9 Å². The monoisotopic (exact) mass is 488 g/mol. The number of nitrogens with one attached hydrogen (secondary N) is 1. The fourth-order valence-electron chi connectivity index (χ4n) is 4.78. The van der Waals surface area contributed by atoms with E-state index in [1.165, 1.54) is 23.5 Å². The van der Waals surface area contributed by atoms with Gasteiger partial charge in [-0.2, -0.15) is 0 Å². The van der Waals surface area contributed by atoms with Gasteiger partial charge in [0.1, 0.15) is 11.9 Å². The Kier molecular flexibility index (Phi) is 8.66. The molecule has 7 nitrogen and oxygen atoms in total. The molecule has 2 fully saturated rings. The van der Waals surface area contributed by atoms with Crippen molar-refractivity contribution in [1.29, 1.82) is 0 Å². The summed E-state index contributed by atoms with van der Waals surface area (Å²) < 4.78 is 18.8. The lowest BCUT2D eigenvalue weighted by molar-refractivity contribution is -0.135. The molecule has 2 amide bonds. The number of likely N-dealkylation sites (tertiary alicyclic amines) is 1. The number of nitrogens with zero attached hydrogens (tertiary/aromatic N) is 3. The third-order valence-electron chi connectivity index (χ3n) is 6.61. The van der Waals surface area contributed by atoms with Crippen LogP contribution in [0, 0.1) is 5.82 Å². The summed E-state index contributed by atoms with van der Waals surface area (Å²) in [7, 11) is 1.66. The molecule has 2 aliphatic rings. The molecule has 34 heavy (non-hydrogen) atoms. The number of ether oxygens (including phenoxy) is 1. The van der Waals surface area contributed by atoms with Gasteiger partial charge >= 0.3 is 0 Å². The standard InChI is InChI=1S/C25H33FN4O3S/c1-33-14-13-29(17-19-5-7-20(26)8-6-19)21-16-22(24(31)28-11-3-9-27-10-12-28)30(18-21)25(32)23-4-2-15-34-23/h2,4-8,15,21-22,27H,3,9-14,16-18H2,1H3. The largest absolute Gasteiger partial charge is 0.383 e. The minimum absolute atomic E-state index is 0.00293. The highest BCUT2D eigenvalue weighted by Crippen LogP contribution is 2.28. The van der Waals surface area contributed by atoms with Crippen LogP contribution in [0.3, 0.4) is 0 Å². The van der Waals surface area contributed by atoms with Gasteiger partial charge in [0.15, 0.2) is 0 Å². The fourth-order valence-corrected chi connectivity index (χ4v) is 5.46. The highest BCUT2D eigenvalue weighted by Gasteiger charge is 2.43. The molecule has 0 saturated carbocycles. The Hall–Kier alpha value is -2.33. The van der Waals surface area contributed by atoms with E-state index >= 15 is 0 Å². The van der Waals surface area contributed by atoms with Crippen molar-refractivity contribution in [2.75, 3.05) is 53.0 Å². The average Bonchev–Trinajstić information content (AvgIpc) is 3.47. The Labute approximate surface area is 204 Å². The van der Waals surface area contributed by atoms with E-state index in [0.29, 0.717) is 50.6 Å². The van der Waals surface area contributed by atoms with Gasteiger partial charge in [0.05, 0.1) is 11.5 Å². The number of methoxy groups -OCH3 is 1. The average molecular weight is 489 g/mol. The Balaban J connectivity index is 1.56. The maximum atomic E-state index is 13.6. The first-order valence-electron chi connectivity index (χ1n) is 11.9. The minimum Gasteiger partial charge on any atom is -0.383 e. The van der Waals surface area contributed by atoms with Crippen LogP contribution < -0.4 is 5.32 Å². The SMILES string of the molecule is COCCN(Cc1ccc(F)cc1)C1CC(C(=O)N2CCCNCC2)N(C(=O)c2cccs2)C1. The molecule has 0 aliphatic carbocycles. The molecule has 1 aromatic heterocycles. The number of rotatable bonds is 8. The Morgan fingerprint density at radius 3 is 2.76 bits per heavy atom. The van der Waals surface area contributed by atoms with Gasteiger partial charge in [0.2, 0.25) is 5.91 Å².